The lowest BCUT2D eigenvalue weighted by Crippen LogP contribution is -2.53. The second kappa shape index (κ2) is 14.0. The van der Waals surface area contributed by atoms with Crippen molar-refractivity contribution < 1.29 is 9.47 Å². The zero-order chi connectivity index (χ0) is 19.5. The molecule has 0 radical (unpaired) electrons. The van der Waals surface area contributed by atoms with E-state index in [0.717, 1.165) is 44.6 Å². The number of hydrogen-bond acceptors (Lipinski definition) is 4. The molecule has 0 bridgehead atoms. The van der Waals surface area contributed by atoms with Crippen molar-refractivity contribution in [2.45, 2.75) is 39.3 Å². The number of methoxy groups -OCH3 is 1. The van der Waals surface area contributed by atoms with E-state index in [2.05, 4.69) is 40.4 Å². The van der Waals surface area contributed by atoms with Gasteiger partial charge in [-0.2, -0.15) is 0 Å². The first-order valence-corrected chi connectivity index (χ1v) is 10.1. The minimum Gasteiger partial charge on any atom is -0.497 e. The van der Waals surface area contributed by atoms with Crippen molar-refractivity contribution in [1.29, 1.82) is 0 Å². The number of morpholine rings is 1. The maximum absolute atomic E-state index is 5.54. The molecule has 1 aliphatic heterocycles. The first-order valence-electron chi connectivity index (χ1n) is 10.1. The molecule has 6 nitrogen and oxygen atoms in total. The van der Waals surface area contributed by atoms with Gasteiger partial charge >= 0.3 is 0 Å². The maximum Gasteiger partial charge on any atom is 0.191 e. The number of ether oxygens (including phenoxy) is 2. The SMILES string of the molecule is CCC(CC)C(CNC(=NC)NCc1cccc(OC)c1)N1CCOCC1.I. The Bertz CT molecular complexity index is 575. The number of guanidine groups is 1. The van der Waals surface area contributed by atoms with Gasteiger partial charge in [0, 0.05) is 39.3 Å². The Morgan fingerprint density at radius 1 is 1.21 bits per heavy atom. The van der Waals surface area contributed by atoms with Crippen molar-refractivity contribution in [2.75, 3.05) is 47.0 Å². The van der Waals surface area contributed by atoms with Gasteiger partial charge in [-0.3, -0.25) is 9.89 Å². The number of hydrogen-bond donors (Lipinski definition) is 2. The van der Waals surface area contributed by atoms with E-state index in [1.54, 1.807) is 7.11 Å². The van der Waals surface area contributed by atoms with Crippen molar-refractivity contribution in [3.8, 4) is 5.75 Å². The molecule has 2 rings (SSSR count). The van der Waals surface area contributed by atoms with Gasteiger partial charge in [-0.05, 0) is 23.6 Å². The third kappa shape index (κ3) is 7.75. The van der Waals surface area contributed by atoms with E-state index >= 15 is 0 Å². The molecule has 1 aromatic carbocycles. The summed E-state index contributed by atoms with van der Waals surface area (Å²) < 4.78 is 10.8. The number of nitrogens with one attached hydrogen (secondary N) is 2. The summed E-state index contributed by atoms with van der Waals surface area (Å²) in [5.41, 5.74) is 1.17. The molecule has 0 aliphatic carbocycles. The topological polar surface area (TPSA) is 58.1 Å². The zero-order valence-electron chi connectivity index (χ0n) is 17.7. The second-order valence-corrected chi connectivity index (χ2v) is 6.95. The molecule has 1 atom stereocenters. The molecule has 0 amide bonds. The predicted octanol–water partition coefficient (Wildman–Crippen LogP) is 3.12. The van der Waals surface area contributed by atoms with Crippen LogP contribution in [0.3, 0.4) is 0 Å². The van der Waals surface area contributed by atoms with Gasteiger partial charge in [-0.15, -0.1) is 24.0 Å². The van der Waals surface area contributed by atoms with E-state index < -0.39 is 0 Å². The van der Waals surface area contributed by atoms with Gasteiger partial charge in [0.1, 0.15) is 5.75 Å². The highest BCUT2D eigenvalue weighted by Gasteiger charge is 2.26. The van der Waals surface area contributed by atoms with Gasteiger partial charge in [-0.25, -0.2) is 0 Å². The van der Waals surface area contributed by atoms with Crippen molar-refractivity contribution >= 4 is 29.9 Å². The van der Waals surface area contributed by atoms with Gasteiger partial charge in [0.15, 0.2) is 5.96 Å². The Hall–Kier alpha value is -1.06. The first kappa shape index (κ1) is 25.0. The van der Waals surface area contributed by atoms with E-state index in [0.29, 0.717) is 18.5 Å². The average molecular weight is 504 g/mol. The molecule has 0 saturated carbocycles. The van der Waals surface area contributed by atoms with Gasteiger partial charge in [0.25, 0.3) is 0 Å². The predicted molar refractivity (Wildman–Crippen MR) is 127 cm³/mol. The molecule has 28 heavy (non-hydrogen) atoms. The molecule has 2 N–H and O–H groups in total. The minimum atomic E-state index is 0. The normalized spacial score (nSPS) is 16.4. The molecule has 1 heterocycles. The molecular formula is C21H37IN4O2. The van der Waals surface area contributed by atoms with Crippen molar-refractivity contribution in [2.24, 2.45) is 10.9 Å². The van der Waals surface area contributed by atoms with Crippen LogP contribution in [0.15, 0.2) is 29.3 Å². The summed E-state index contributed by atoms with van der Waals surface area (Å²) in [7, 11) is 3.51. The van der Waals surface area contributed by atoms with Crippen LogP contribution in [0.25, 0.3) is 0 Å². The van der Waals surface area contributed by atoms with Gasteiger partial charge in [-0.1, -0.05) is 38.8 Å². The zero-order valence-corrected chi connectivity index (χ0v) is 20.1. The average Bonchev–Trinajstić information content (AvgIpc) is 2.73. The van der Waals surface area contributed by atoms with Crippen LogP contribution in [-0.4, -0.2) is 63.9 Å². The van der Waals surface area contributed by atoms with E-state index in [9.17, 15) is 0 Å². The maximum atomic E-state index is 5.54. The molecular weight excluding hydrogens is 467 g/mol. The fourth-order valence-corrected chi connectivity index (χ4v) is 3.73. The Morgan fingerprint density at radius 3 is 2.54 bits per heavy atom. The molecule has 1 saturated heterocycles. The highest BCUT2D eigenvalue weighted by molar-refractivity contribution is 14.0. The van der Waals surface area contributed by atoms with E-state index in [1.807, 2.05) is 25.2 Å². The monoisotopic (exact) mass is 504 g/mol. The number of nitrogens with zero attached hydrogens (tertiary/aromatic N) is 2. The Morgan fingerprint density at radius 2 is 1.93 bits per heavy atom. The fourth-order valence-electron chi connectivity index (χ4n) is 3.73. The minimum absolute atomic E-state index is 0. The lowest BCUT2D eigenvalue weighted by molar-refractivity contribution is 0.00272. The molecule has 1 aromatic rings. The Kier molecular flexibility index (Phi) is 12.5. The summed E-state index contributed by atoms with van der Waals surface area (Å²) in [6, 6.07) is 8.59. The highest BCUT2D eigenvalue weighted by Crippen LogP contribution is 2.19. The molecule has 0 aromatic heterocycles. The van der Waals surface area contributed by atoms with Crippen LogP contribution >= 0.6 is 24.0 Å². The van der Waals surface area contributed by atoms with Gasteiger partial charge in [0.05, 0.1) is 20.3 Å². The smallest absolute Gasteiger partial charge is 0.191 e. The van der Waals surface area contributed by atoms with Crippen molar-refractivity contribution in [3.05, 3.63) is 29.8 Å². The number of halogens is 1. The highest BCUT2D eigenvalue weighted by atomic mass is 127. The van der Waals surface area contributed by atoms with E-state index in [1.165, 1.54) is 18.4 Å². The molecule has 7 heteroatoms. The molecule has 160 valence electrons. The number of rotatable bonds is 9. The third-order valence-corrected chi connectivity index (χ3v) is 5.40. The summed E-state index contributed by atoms with van der Waals surface area (Å²) in [5.74, 6) is 2.38. The van der Waals surface area contributed by atoms with Crippen LogP contribution in [0.2, 0.25) is 0 Å². The van der Waals surface area contributed by atoms with Crippen molar-refractivity contribution in [3.63, 3.8) is 0 Å². The molecule has 1 aliphatic rings. The van der Waals surface area contributed by atoms with Crippen LogP contribution in [0, 0.1) is 5.92 Å². The summed E-state index contributed by atoms with van der Waals surface area (Å²) in [6.45, 7) is 9.87. The largest absolute Gasteiger partial charge is 0.497 e. The molecule has 0 spiro atoms. The molecule has 1 fully saturated rings. The van der Waals surface area contributed by atoms with Gasteiger partial charge < -0.3 is 20.1 Å². The van der Waals surface area contributed by atoms with Crippen LogP contribution in [0.1, 0.15) is 32.3 Å². The van der Waals surface area contributed by atoms with Crippen LogP contribution in [-0.2, 0) is 11.3 Å². The lowest BCUT2D eigenvalue weighted by Gasteiger charge is -2.39. The summed E-state index contributed by atoms with van der Waals surface area (Å²) in [5, 5.41) is 6.95. The Balaban J connectivity index is 0.00000392. The fraction of sp³-hybridized carbons (Fsp3) is 0.667. The summed E-state index contributed by atoms with van der Waals surface area (Å²) in [6.07, 6.45) is 2.38. The second-order valence-electron chi connectivity index (χ2n) is 6.95. The quantitative estimate of drug-likeness (QED) is 0.308. The number of aliphatic imine (C=N–C) groups is 1. The van der Waals surface area contributed by atoms with Crippen LogP contribution in [0.4, 0.5) is 0 Å². The summed E-state index contributed by atoms with van der Waals surface area (Å²) >= 11 is 0. The van der Waals surface area contributed by atoms with Crippen LogP contribution in [0.5, 0.6) is 5.75 Å². The third-order valence-electron chi connectivity index (χ3n) is 5.40. The molecule has 1 unspecified atom stereocenters. The number of benzene rings is 1. The first-order chi connectivity index (χ1) is 13.2. The van der Waals surface area contributed by atoms with Gasteiger partial charge in [0.2, 0.25) is 0 Å². The Labute approximate surface area is 187 Å². The summed E-state index contributed by atoms with van der Waals surface area (Å²) in [4.78, 5) is 6.97. The van der Waals surface area contributed by atoms with Crippen molar-refractivity contribution in [1.82, 2.24) is 15.5 Å². The van der Waals surface area contributed by atoms with E-state index in [-0.39, 0.29) is 24.0 Å². The standard InChI is InChI=1S/C21H36N4O2.HI/c1-5-18(6-2)20(25-10-12-27-13-11-25)16-24-21(22-3)23-15-17-8-7-9-19(14-17)26-4;/h7-9,14,18,20H,5-6,10-13,15-16H2,1-4H3,(H2,22,23,24);1H. The van der Waals surface area contributed by atoms with Crippen LogP contribution < -0.4 is 15.4 Å². The van der Waals surface area contributed by atoms with E-state index in [4.69, 9.17) is 9.47 Å². The lowest BCUT2D eigenvalue weighted by atomic mass is 9.92.